The summed E-state index contributed by atoms with van der Waals surface area (Å²) < 4.78 is 5.25. The number of rotatable bonds is 5. The first-order chi connectivity index (χ1) is 11.6. The van der Waals surface area contributed by atoms with Crippen LogP contribution >= 0.6 is 0 Å². The van der Waals surface area contributed by atoms with Crippen LogP contribution in [0, 0.1) is 5.92 Å². The van der Waals surface area contributed by atoms with Crippen molar-refractivity contribution in [1.29, 1.82) is 0 Å². The van der Waals surface area contributed by atoms with Gasteiger partial charge in [0.25, 0.3) is 5.91 Å². The Morgan fingerprint density at radius 2 is 2.00 bits per heavy atom. The topological polar surface area (TPSA) is 55.4 Å². The van der Waals surface area contributed by atoms with E-state index in [0.717, 1.165) is 23.6 Å². The van der Waals surface area contributed by atoms with Gasteiger partial charge in [-0.15, -0.1) is 0 Å². The molecule has 0 spiro atoms. The van der Waals surface area contributed by atoms with E-state index in [1.165, 1.54) is 0 Å². The lowest BCUT2D eigenvalue weighted by Gasteiger charge is -2.15. The number of allylic oxidation sites excluding steroid dienone is 2. The Morgan fingerprint density at radius 1 is 1.21 bits per heavy atom. The van der Waals surface area contributed by atoms with Crippen LogP contribution in [0.2, 0.25) is 0 Å². The Bertz CT molecular complexity index is 781. The lowest BCUT2D eigenvalue weighted by molar-refractivity contribution is -0.153. The molecule has 1 amide bonds. The summed E-state index contributed by atoms with van der Waals surface area (Å²) in [6, 6.07) is 13.6. The molecule has 2 atom stereocenters. The van der Waals surface area contributed by atoms with E-state index in [9.17, 15) is 9.59 Å². The fraction of sp³-hybridized carbons (Fsp3) is 0.300. The van der Waals surface area contributed by atoms with Crippen molar-refractivity contribution in [3.8, 4) is 0 Å². The molecule has 1 aliphatic carbocycles. The van der Waals surface area contributed by atoms with Gasteiger partial charge in [0, 0.05) is 5.69 Å². The number of benzene rings is 2. The second-order valence-corrected chi connectivity index (χ2v) is 6.15. The third kappa shape index (κ3) is 4.02. The van der Waals surface area contributed by atoms with Crippen LogP contribution in [-0.4, -0.2) is 18.0 Å². The molecule has 1 aliphatic rings. The maximum Gasteiger partial charge on any atom is 0.307 e. The highest BCUT2D eigenvalue weighted by Crippen LogP contribution is 2.21. The number of carbonyl (C=O) groups excluding carboxylic acids is 2. The van der Waals surface area contributed by atoms with E-state index in [4.69, 9.17) is 4.74 Å². The van der Waals surface area contributed by atoms with Gasteiger partial charge in [-0.05, 0) is 48.6 Å². The molecule has 0 saturated heterocycles. The summed E-state index contributed by atoms with van der Waals surface area (Å²) in [7, 11) is 0. The predicted molar refractivity (Wildman–Crippen MR) is 94.6 cm³/mol. The summed E-state index contributed by atoms with van der Waals surface area (Å²) in [5.74, 6) is -0.401. The first-order valence-corrected chi connectivity index (χ1v) is 8.27. The molecule has 1 N–H and O–H groups in total. The van der Waals surface area contributed by atoms with E-state index in [1.807, 2.05) is 48.5 Å². The molecule has 0 aromatic heterocycles. The number of amides is 1. The normalized spacial score (nSPS) is 17.6. The SMILES string of the molecule is C[C@@H](OC(=O)C[C@H]1C=CCC1)C(=O)Nc1ccc2ccccc2c1. The average Bonchev–Trinajstić information content (AvgIpc) is 3.07. The van der Waals surface area contributed by atoms with Crippen LogP contribution in [0.4, 0.5) is 5.69 Å². The van der Waals surface area contributed by atoms with Crippen molar-refractivity contribution < 1.29 is 14.3 Å². The third-order valence-corrected chi connectivity index (χ3v) is 4.24. The second-order valence-electron chi connectivity index (χ2n) is 6.15. The summed E-state index contributed by atoms with van der Waals surface area (Å²) in [6.07, 6.45) is 5.64. The molecule has 0 fully saturated rings. The van der Waals surface area contributed by atoms with Gasteiger partial charge in [-0.2, -0.15) is 0 Å². The van der Waals surface area contributed by atoms with Crippen molar-refractivity contribution in [2.24, 2.45) is 5.92 Å². The molecule has 0 heterocycles. The summed E-state index contributed by atoms with van der Waals surface area (Å²) in [4.78, 5) is 24.1. The molecule has 0 unspecified atom stereocenters. The Labute approximate surface area is 141 Å². The van der Waals surface area contributed by atoms with E-state index in [-0.39, 0.29) is 17.8 Å². The van der Waals surface area contributed by atoms with Gasteiger partial charge in [0.05, 0.1) is 6.42 Å². The van der Waals surface area contributed by atoms with Gasteiger partial charge < -0.3 is 10.1 Å². The van der Waals surface area contributed by atoms with E-state index in [2.05, 4.69) is 11.4 Å². The van der Waals surface area contributed by atoms with Crippen molar-refractivity contribution in [3.05, 3.63) is 54.6 Å². The molecule has 0 aliphatic heterocycles. The number of nitrogens with one attached hydrogen (secondary N) is 1. The number of hydrogen-bond acceptors (Lipinski definition) is 3. The lowest BCUT2D eigenvalue weighted by Crippen LogP contribution is -2.30. The summed E-state index contributed by atoms with van der Waals surface area (Å²) in [5, 5.41) is 4.96. The molecule has 4 nitrogen and oxygen atoms in total. The Morgan fingerprint density at radius 3 is 2.75 bits per heavy atom. The van der Waals surface area contributed by atoms with Crippen LogP contribution in [0.1, 0.15) is 26.2 Å². The monoisotopic (exact) mass is 323 g/mol. The molecule has 0 saturated carbocycles. The molecule has 2 aromatic carbocycles. The Kier molecular flexibility index (Phi) is 4.94. The number of ether oxygens (including phenoxy) is 1. The largest absolute Gasteiger partial charge is 0.453 e. The van der Waals surface area contributed by atoms with Gasteiger partial charge in [0.2, 0.25) is 0 Å². The summed E-state index contributed by atoms with van der Waals surface area (Å²) in [5.41, 5.74) is 0.695. The van der Waals surface area contributed by atoms with E-state index >= 15 is 0 Å². The lowest BCUT2D eigenvalue weighted by atomic mass is 10.1. The van der Waals surface area contributed by atoms with E-state index in [0.29, 0.717) is 12.1 Å². The van der Waals surface area contributed by atoms with Crippen molar-refractivity contribution in [3.63, 3.8) is 0 Å². The zero-order chi connectivity index (χ0) is 16.9. The van der Waals surface area contributed by atoms with Crippen molar-refractivity contribution in [2.75, 3.05) is 5.32 Å². The number of carbonyl (C=O) groups is 2. The molecule has 3 rings (SSSR count). The predicted octanol–water partition coefficient (Wildman–Crippen LogP) is 4.07. The highest BCUT2D eigenvalue weighted by Gasteiger charge is 2.21. The molecule has 0 radical (unpaired) electrons. The Hall–Kier alpha value is -2.62. The standard InChI is InChI=1S/C20H21NO3/c1-14(24-19(22)12-15-6-2-3-7-15)20(23)21-18-11-10-16-8-4-5-9-17(16)13-18/h2,4-6,8-11,13-15H,3,7,12H2,1H3,(H,21,23)/t14-,15+/m1/s1. The van der Waals surface area contributed by atoms with E-state index < -0.39 is 6.10 Å². The van der Waals surface area contributed by atoms with Crippen molar-refractivity contribution in [1.82, 2.24) is 0 Å². The van der Waals surface area contributed by atoms with Crippen LogP contribution in [0.15, 0.2) is 54.6 Å². The van der Waals surface area contributed by atoms with Gasteiger partial charge in [-0.25, -0.2) is 0 Å². The highest BCUT2D eigenvalue weighted by molar-refractivity contribution is 5.97. The minimum absolute atomic E-state index is 0.244. The summed E-state index contributed by atoms with van der Waals surface area (Å²) >= 11 is 0. The van der Waals surface area contributed by atoms with Gasteiger partial charge in [0.1, 0.15) is 0 Å². The number of anilines is 1. The number of fused-ring (bicyclic) bond motifs is 1. The number of esters is 1. The maximum atomic E-state index is 12.2. The average molecular weight is 323 g/mol. The van der Waals surface area contributed by atoms with Crippen LogP contribution < -0.4 is 5.32 Å². The molecular weight excluding hydrogens is 302 g/mol. The molecule has 4 heteroatoms. The van der Waals surface area contributed by atoms with Crippen LogP contribution in [0.5, 0.6) is 0 Å². The molecular formula is C20H21NO3. The fourth-order valence-electron chi connectivity index (χ4n) is 2.89. The molecule has 2 aromatic rings. The third-order valence-electron chi connectivity index (χ3n) is 4.24. The van der Waals surface area contributed by atoms with Gasteiger partial charge in [0.15, 0.2) is 6.10 Å². The fourth-order valence-corrected chi connectivity index (χ4v) is 2.89. The van der Waals surface area contributed by atoms with Gasteiger partial charge in [-0.1, -0.05) is 42.5 Å². The van der Waals surface area contributed by atoms with Crippen LogP contribution in [-0.2, 0) is 14.3 Å². The highest BCUT2D eigenvalue weighted by atomic mass is 16.5. The van der Waals surface area contributed by atoms with Gasteiger partial charge >= 0.3 is 5.97 Å². The zero-order valence-electron chi connectivity index (χ0n) is 13.7. The van der Waals surface area contributed by atoms with Crippen LogP contribution in [0.25, 0.3) is 10.8 Å². The quantitative estimate of drug-likeness (QED) is 0.666. The first kappa shape index (κ1) is 16.2. The second kappa shape index (κ2) is 7.30. The summed E-state index contributed by atoms with van der Waals surface area (Å²) in [6.45, 7) is 1.60. The Balaban J connectivity index is 1.56. The maximum absolute atomic E-state index is 12.2. The zero-order valence-corrected chi connectivity index (χ0v) is 13.7. The molecule has 24 heavy (non-hydrogen) atoms. The smallest absolute Gasteiger partial charge is 0.307 e. The minimum Gasteiger partial charge on any atom is -0.453 e. The minimum atomic E-state index is -0.811. The van der Waals surface area contributed by atoms with E-state index in [1.54, 1.807) is 6.92 Å². The van der Waals surface area contributed by atoms with Crippen LogP contribution in [0.3, 0.4) is 0 Å². The van der Waals surface area contributed by atoms with Crippen molar-refractivity contribution >= 4 is 28.3 Å². The first-order valence-electron chi connectivity index (χ1n) is 8.27. The molecule has 0 bridgehead atoms. The number of hydrogen-bond donors (Lipinski definition) is 1. The molecule has 124 valence electrons. The van der Waals surface area contributed by atoms with Gasteiger partial charge in [-0.3, -0.25) is 9.59 Å². The van der Waals surface area contributed by atoms with Crippen molar-refractivity contribution in [2.45, 2.75) is 32.3 Å².